The van der Waals surface area contributed by atoms with Gasteiger partial charge in [0.05, 0.1) is 16.4 Å². The molecule has 0 saturated heterocycles. The zero-order valence-electron chi connectivity index (χ0n) is 33.6. The molecule has 0 aliphatic heterocycles. The van der Waals surface area contributed by atoms with Gasteiger partial charge in [0, 0.05) is 21.9 Å². The molecule has 0 bridgehead atoms. The van der Waals surface area contributed by atoms with Crippen LogP contribution in [0.2, 0.25) is 0 Å². The Hall–Kier alpha value is -8.21. The fourth-order valence-electron chi connectivity index (χ4n) is 10.5. The average Bonchev–Trinajstić information content (AvgIpc) is 3.96. The molecule has 288 valence electrons. The summed E-state index contributed by atoms with van der Waals surface area (Å²) in [6, 6.07) is 78.6. The highest BCUT2D eigenvalue weighted by Crippen LogP contribution is 2.63. The van der Waals surface area contributed by atoms with Gasteiger partial charge < -0.3 is 0 Å². The van der Waals surface area contributed by atoms with Gasteiger partial charge in [-0.15, -0.1) is 0 Å². The molecule has 0 unspecified atom stereocenters. The fourth-order valence-corrected chi connectivity index (χ4v) is 10.5. The van der Waals surface area contributed by atoms with Crippen molar-refractivity contribution in [2.45, 2.75) is 5.41 Å². The van der Waals surface area contributed by atoms with Gasteiger partial charge in [-0.05, 0) is 85.0 Å². The van der Waals surface area contributed by atoms with Gasteiger partial charge >= 0.3 is 0 Å². The molecule has 0 saturated carbocycles. The minimum absolute atomic E-state index is 0.425. The van der Waals surface area contributed by atoms with Crippen LogP contribution in [0.4, 0.5) is 0 Å². The highest BCUT2D eigenvalue weighted by molar-refractivity contribution is 6.16. The van der Waals surface area contributed by atoms with Gasteiger partial charge in [0.15, 0.2) is 11.6 Å². The Labute approximate surface area is 359 Å². The van der Waals surface area contributed by atoms with E-state index in [0.29, 0.717) is 17.6 Å². The normalized spacial score (nSPS) is 13.0. The largest absolute Gasteiger partial charge is 0.278 e. The Bertz CT molecular complexity index is 3500. The maximum absolute atomic E-state index is 5.28. The Morgan fingerprint density at radius 3 is 1.40 bits per heavy atom. The van der Waals surface area contributed by atoms with Crippen LogP contribution in [-0.2, 0) is 5.41 Å². The molecule has 0 amide bonds. The molecule has 0 radical (unpaired) electrons. The number of hydrogen-bond donors (Lipinski definition) is 0. The van der Waals surface area contributed by atoms with Gasteiger partial charge in [0.1, 0.15) is 0 Å². The summed E-state index contributed by atoms with van der Waals surface area (Å²) in [5.74, 6) is 1.82. The fraction of sp³-hybridized carbons (Fsp3) is 0.0172. The average molecular weight is 789 g/mol. The maximum atomic E-state index is 5.28. The zero-order valence-corrected chi connectivity index (χ0v) is 33.6. The van der Waals surface area contributed by atoms with Crippen LogP contribution >= 0.6 is 0 Å². The number of hydrogen-bond acceptors (Lipinski definition) is 3. The van der Waals surface area contributed by atoms with E-state index in [2.05, 4.69) is 199 Å². The van der Waals surface area contributed by atoms with Gasteiger partial charge in [-0.1, -0.05) is 200 Å². The van der Waals surface area contributed by atoms with Gasteiger partial charge in [0.2, 0.25) is 5.95 Å². The van der Waals surface area contributed by atoms with E-state index in [1.165, 1.54) is 61.2 Å². The van der Waals surface area contributed by atoms with Crippen LogP contribution in [0.1, 0.15) is 22.3 Å². The number of aromatic nitrogens is 4. The summed E-state index contributed by atoms with van der Waals surface area (Å²) in [6.45, 7) is 0. The standard InChI is InChI=1S/C58H36N4/c1-3-16-37(17-4-1)38-30-32-40(33-31-38)56-59-55(39-18-5-2-6-19-39)60-57(61-56)62-52-28-14-10-23-47(52)54-42(24-15-29-53(54)62)41-34-35-46-45-22-9-13-27-50(45)58(51(46)36-41)48-25-11-7-20-43(48)44-21-8-12-26-49(44)58/h1-36H. The monoisotopic (exact) mass is 788 g/mol. The number of rotatable bonds is 5. The Balaban J connectivity index is 1.03. The van der Waals surface area contributed by atoms with Crippen molar-refractivity contribution < 1.29 is 0 Å². The van der Waals surface area contributed by atoms with Gasteiger partial charge in [-0.2, -0.15) is 9.97 Å². The van der Waals surface area contributed by atoms with E-state index in [0.717, 1.165) is 38.5 Å². The summed E-state index contributed by atoms with van der Waals surface area (Å²) in [7, 11) is 0. The third kappa shape index (κ3) is 4.92. The third-order valence-electron chi connectivity index (χ3n) is 13.1. The molecule has 2 aromatic heterocycles. The van der Waals surface area contributed by atoms with Crippen molar-refractivity contribution >= 4 is 21.8 Å². The second-order valence-electron chi connectivity index (χ2n) is 16.3. The first-order chi connectivity index (χ1) is 30.8. The molecule has 2 aliphatic rings. The van der Waals surface area contributed by atoms with E-state index in [9.17, 15) is 0 Å². The summed E-state index contributed by atoms with van der Waals surface area (Å²) < 4.78 is 2.22. The highest BCUT2D eigenvalue weighted by atomic mass is 15.2. The summed E-state index contributed by atoms with van der Waals surface area (Å²) in [5, 5.41) is 2.30. The summed E-state index contributed by atoms with van der Waals surface area (Å²) in [4.78, 5) is 15.6. The van der Waals surface area contributed by atoms with Crippen molar-refractivity contribution in [2.75, 3.05) is 0 Å². The first-order valence-electron chi connectivity index (χ1n) is 21.2. The van der Waals surface area contributed by atoms with Crippen LogP contribution in [0.25, 0.3) is 95.0 Å². The van der Waals surface area contributed by atoms with Crippen molar-refractivity contribution in [1.82, 2.24) is 19.5 Å². The first-order valence-corrected chi connectivity index (χ1v) is 21.2. The second-order valence-corrected chi connectivity index (χ2v) is 16.3. The second kappa shape index (κ2) is 13.4. The van der Waals surface area contributed by atoms with E-state index >= 15 is 0 Å². The molecule has 9 aromatic carbocycles. The Kier molecular flexibility index (Phi) is 7.49. The van der Waals surface area contributed by atoms with Crippen LogP contribution in [0, 0.1) is 0 Å². The Morgan fingerprint density at radius 1 is 0.306 bits per heavy atom. The highest BCUT2D eigenvalue weighted by Gasteiger charge is 2.51. The zero-order chi connectivity index (χ0) is 40.8. The number of benzene rings is 9. The predicted molar refractivity (Wildman–Crippen MR) is 252 cm³/mol. The molecule has 4 heteroatoms. The summed E-state index contributed by atoms with van der Waals surface area (Å²) in [5.41, 5.74) is 18.7. The Morgan fingerprint density at radius 2 is 0.758 bits per heavy atom. The van der Waals surface area contributed by atoms with Crippen molar-refractivity contribution in [3.8, 4) is 73.2 Å². The lowest BCUT2D eigenvalue weighted by Gasteiger charge is -2.30. The van der Waals surface area contributed by atoms with Crippen LogP contribution in [0.15, 0.2) is 218 Å². The van der Waals surface area contributed by atoms with Gasteiger partial charge in [-0.3, -0.25) is 4.57 Å². The van der Waals surface area contributed by atoms with E-state index in [1.807, 2.05) is 24.3 Å². The molecule has 0 N–H and O–H groups in total. The van der Waals surface area contributed by atoms with Crippen LogP contribution < -0.4 is 0 Å². The number of fused-ring (bicyclic) bond motifs is 13. The molecule has 2 aliphatic carbocycles. The third-order valence-corrected chi connectivity index (χ3v) is 13.1. The molecule has 4 nitrogen and oxygen atoms in total. The lowest BCUT2D eigenvalue weighted by atomic mass is 9.70. The van der Waals surface area contributed by atoms with Crippen LogP contribution in [0.3, 0.4) is 0 Å². The van der Waals surface area contributed by atoms with E-state index < -0.39 is 5.41 Å². The van der Waals surface area contributed by atoms with E-state index in [1.54, 1.807) is 0 Å². The molecule has 1 spiro atoms. The number of nitrogens with zero attached hydrogens (tertiary/aromatic N) is 4. The minimum atomic E-state index is -0.425. The molecule has 11 aromatic rings. The van der Waals surface area contributed by atoms with Gasteiger partial charge in [-0.25, -0.2) is 4.98 Å². The van der Waals surface area contributed by atoms with Crippen LogP contribution in [-0.4, -0.2) is 19.5 Å². The van der Waals surface area contributed by atoms with Crippen molar-refractivity contribution in [2.24, 2.45) is 0 Å². The molecular weight excluding hydrogens is 753 g/mol. The first kappa shape index (κ1) is 34.6. The van der Waals surface area contributed by atoms with Crippen molar-refractivity contribution in [3.05, 3.63) is 241 Å². The molecule has 62 heavy (non-hydrogen) atoms. The van der Waals surface area contributed by atoms with Crippen molar-refractivity contribution in [1.29, 1.82) is 0 Å². The SMILES string of the molecule is c1ccc(-c2ccc(-c3nc(-c4ccccc4)nc(-n4c5ccccc5c5c(-c6ccc7c(c6)C6(c8ccccc8-c8ccccc86)c6ccccc6-7)cccc54)n3)cc2)cc1. The van der Waals surface area contributed by atoms with E-state index in [4.69, 9.17) is 15.0 Å². The van der Waals surface area contributed by atoms with Crippen LogP contribution in [0.5, 0.6) is 0 Å². The summed E-state index contributed by atoms with van der Waals surface area (Å²) >= 11 is 0. The molecular formula is C58H36N4. The van der Waals surface area contributed by atoms with E-state index in [-0.39, 0.29) is 0 Å². The minimum Gasteiger partial charge on any atom is -0.278 e. The number of para-hydroxylation sites is 1. The molecule has 2 heterocycles. The topological polar surface area (TPSA) is 43.6 Å². The molecule has 0 fully saturated rings. The smallest absolute Gasteiger partial charge is 0.238 e. The van der Waals surface area contributed by atoms with Crippen molar-refractivity contribution in [3.63, 3.8) is 0 Å². The lowest BCUT2D eigenvalue weighted by molar-refractivity contribution is 0.794. The molecule has 13 rings (SSSR count). The van der Waals surface area contributed by atoms with Gasteiger partial charge in [0.25, 0.3) is 0 Å². The lowest BCUT2D eigenvalue weighted by Crippen LogP contribution is -2.25. The quantitative estimate of drug-likeness (QED) is 0.174. The predicted octanol–water partition coefficient (Wildman–Crippen LogP) is 14.0. The maximum Gasteiger partial charge on any atom is 0.238 e. The molecule has 0 atom stereocenters. The summed E-state index contributed by atoms with van der Waals surface area (Å²) in [6.07, 6.45) is 0.